The lowest BCUT2D eigenvalue weighted by atomic mass is 10.5. The molecule has 0 fully saturated rings. The normalized spacial score (nSPS) is 7.38. The molecule has 4 heteroatoms. The van der Waals surface area contributed by atoms with E-state index in [0.29, 0.717) is 13.0 Å². The van der Waals surface area contributed by atoms with Crippen LogP contribution in [0.5, 0.6) is 0 Å². The summed E-state index contributed by atoms with van der Waals surface area (Å²) in [7, 11) is 0. The minimum atomic E-state index is 0.000231. The lowest BCUT2D eigenvalue weighted by Gasteiger charge is -1.95. The maximum absolute atomic E-state index is 7.97. The highest BCUT2D eigenvalue weighted by Gasteiger charge is 1.84. The van der Waals surface area contributed by atoms with Gasteiger partial charge in [0.05, 0.1) is 12.5 Å². The molecule has 3 nitrogen and oxygen atoms in total. The van der Waals surface area contributed by atoms with Crippen LogP contribution in [0.2, 0.25) is 0 Å². The number of nitrogens with zero attached hydrogens (tertiary/aromatic N) is 1. The predicted molar refractivity (Wildman–Crippen MR) is 33.0 cm³/mol. The first kappa shape index (κ1) is 7.18. The van der Waals surface area contributed by atoms with Gasteiger partial charge >= 0.3 is 0 Å². The van der Waals surface area contributed by atoms with Gasteiger partial charge < -0.3 is 10.5 Å². The summed E-state index contributed by atoms with van der Waals surface area (Å²) in [5.41, 5.74) is 4.93. The zero-order valence-electron chi connectivity index (χ0n) is 4.26. The molecule has 0 radical (unpaired) electrons. The van der Waals surface area contributed by atoms with Crippen molar-refractivity contribution in [2.75, 3.05) is 6.61 Å². The minimum Gasteiger partial charge on any atom is -0.470 e. The molecule has 0 heterocycles. The SMILES string of the molecule is N#CCCOC(N)=S. The summed E-state index contributed by atoms with van der Waals surface area (Å²) in [5.74, 6) is 0. The van der Waals surface area contributed by atoms with Gasteiger partial charge in [0, 0.05) is 0 Å². The Kier molecular flexibility index (Phi) is 3.90. The average molecular weight is 130 g/mol. The van der Waals surface area contributed by atoms with Crippen LogP contribution in [0, 0.1) is 11.3 Å². The molecule has 0 aromatic carbocycles. The number of hydrogen-bond donors (Lipinski definition) is 1. The van der Waals surface area contributed by atoms with E-state index in [4.69, 9.17) is 11.0 Å². The molecule has 0 aliphatic carbocycles. The highest BCUT2D eigenvalue weighted by Crippen LogP contribution is 1.77. The summed E-state index contributed by atoms with van der Waals surface area (Å²) in [6.07, 6.45) is 0.331. The first-order chi connectivity index (χ1) is 3.77. The Morgan fingerprint density at radius 2 is 2.50 bits per heavy atom. The summed E-state index contributed by atoms with van der Waals surface area (Å²) < 4.78 is 4.57. The fourth-order valence-corrected chi connectivity index (χ4v) is 0.281. The van der Waals surface area contributed by atoms with Crippen molar-refractivity contribution in [3.63, 3.8) is 0 Å². The minimum absolute atomic E-state index is 0.000231. The van der Waals surface area contributed by atoms with Crippen LogP contribution < -0.4 is 5.73 Å². The first-order valence-corrected chi connectivity index (χ1v) is 2.47. The molecule has 0 aliphatic heterocycles. The van der Waals surface area contributed by atoms with Crippen LogP contribution in [0.25, 0.3) is 0 Å². The van der Waals surface area contributed by atoms with E-state index >= 15 is 0 Å². The maximum atomic E-state index is 7.97. The summed E-state index contributed by atoms with van der Waals surface area (Å²) >= 11 is 4.36. The highest BCUT2D eigenvalue weighted by atomic mass is 32.1. The van der Waals surface area contributed by atoms with Crippen LogP contribution in [-0.2, 0) is 4.74 Å². The summed E-state index contributed by atoms with van der Waals surface area (Å²) in [6, 6.07) is 1.88. The maximum Gasteiger partial charge on any atom is 0.253 e. The van der Waals surface area contributed by atoms with Crippen molar-refractivity contribution in [3.05, 3.63) is 0 Å². The van der Waals surface area contributed by atoms with Gasteiger partial charge in [-0.1, -0.05) is 0 Å². The lowest BCUT2D eigenvalue weighted by Crippen LogP contribution is -2.12. The molecule has 0 amide bonds. The molecular formula is C4H6N2OS. The van der Waals surface area contributed by atoms with E-state index in [1.54, 1.807) is 0 Å². The average Bonchev–Trinajstić information content (AvgIpc) is 1.66. The van der Waals surface area contributed by atoms with E-state index in [2.05, 4.69) is 17.0 Å². The van der Waals surface area contributed by atoms with Crippen molar-refractivity contribution in [1.82, 2.24) is 0 Å². The van der Waals surface area contributed by atoms with Crippen LogP contribution in [0.15, 0.2) is 0 Å². The number of ether oxygens (including phenoxy) is 1. The van der Waals surface area contributed by atoms with E-state index in [0.717, 1.165) is 0 Å². The third-order valence-corrected chi connectivity index (χ3v) is 0.576. The van der Waals surface area contributed by atoms with Gasteiger partial charge in [0.25, 0.3) is 5.17 Å². The van der Waals surface area contributed by atoms with Gasteiger partial charge in [-0.05, 0) is 12.2 Å². The molecule has 0 aromatic rings. The molecule has 0 atom stereocenters. The van der Waals surface area contributed by atoms with E-state index in [1.807, 2.05) is 6.07 Å². The Labute approximate surface area is 53.0 Å². The number of thiocarbonyl (C=S) groups is 1. The van der Waals surface area contributed by atoms with Crippen molar-refractivity contribution in [1.29, 1.82) is 5.26 Å². The number of nitriles is 1. The molecule has 0 bridgehead atoms. The second-order valence-corrected chi connectivity index (χ2v) is 1.48. The van der Waals surface area contributed by atoms with Crippen molar-refractivity contribution in [2.24, 2.45) is 5.73 Å². The van der Waals surface area contributed by atoms with Crippen LogP contribution in [0.4, 0.5) is 0 Å². The van der Waals surface area contributed by atoms with Crippen molar-refractivity contribution >= 4 is 17.4 Å². The molecule has 0 aliphatic rings. The van der Waals surface area contributed by atoms with E-state index in [-0.39, 0.29) is 5.17 Å². The molecule has 8 heavy (non-hydrogen) atoms. The lowest BCUT2D eigenvalue weighted by molar-refractivity contribution is 0.317. The largest absolute Gasteiger partial charge is 0.470 e. The molecule has 0 saturated carbocycles. The van der Waals surface area contributed by atoms with Gasteiger partial charge in [-0.2, -0.15) is 5.26 Å². The Bertz CT molecular complexity index is 118. The predicted octanol–water partition coefficient (Wildman–Crippen LogP) is 0.160. The number of hydrogen-bond acceptors (Lipinski definition) is 3. The van der Waals surface area contributed by atoms with E-state index in [9.17, 15) is 0 Å². The first-order valence-electron chi connectivity index (χ1n) is 2.06. The van der Waals surface area contributed by atoms with Crippen molar-refractivity contribution < 1.29 is 4.74 Å². The van der Waals surface area contributed by atoms with Crippen LogP contribution in [0.1, 0.15) is 6.42 Å². The molecule has 44 valence electrons. The molecule has 0 unspecified atom stereocenters. The molecule has 0 aromatic heterocycles. The van der Waals surface area contributed by atoms with Gasteiger partial charge in [-0.25, -0.2) is 0 Å². The quantitative estimate of drug-likeness (QED) is 0.427. The summed E-state index contributed by atoms with van der Waals surface area (Å²) in [4.78, 5) is 0. The number of rotatable bonds is 2. The molecule has 0 spiro atoms. The summed E-state index contributed by atoms with van der Waals surface area (Å²) in [6.45, 7) is 0.297. The van der Waals surface area contributed by atoms with Gasteiger partial charge in [0.15, 0.2) is 0 Å². The Morgan fingerprint density at radius 1 is 1.88 bits per heavy atom. The Balaban J connectivity index is 2.97. The van der Waals surface area contributed by atoms with Crippen LogP contribution >= 0.6 is 12.2 Å². The van der Waals surface area contributed by atoms with Crippen LogP contribution in [0.3, 0.4) is 0 Å². The zero-order valence-corrected chi connectivity index (χ0v) is 5.07. The highest BCUT2D eigenvalue weighted by molar-refractivity contribution is 7.80. The smallest absolute Gasteiger partial charge is 0.253 e. The zero-order chi connectivity index (χ0) is 6.41. The van der Waals surface area contributed by atoms with E-state index < -0.39 is 0 Å². The van der Waals surface area contributed by atoms with Crippen LogP contribution in [-0.4, -0.2) is 11.8 Å². The topological polar surface area (TPSA) is 59.0 Å². The summed E-state index contributed by atoms with van der Waals surface area (Å²) in [5, 5.41) is 7.97. The molecule has 0 rings (SSSR count). The van der Waals surface area contributed by atoms with Gasteiger partial charge in [-0.3, -0.25) is 0 Å². The van der Waals surface area contributed by atoms with Crippen molar-refractivity contribution in [3.8, 4) is 6.07 Å². The van der Waals surface area contributed by atoms with Gasteiger partial charge in [-0.15, -0.1) is 0 Å². The second-order valence-electron chi connectivity index (χ2n) is 1.08. The van der Waals surface area contributed by atoms with E-state index in [1.165, 1.54) is 0 Å². The van der Waals surface area contributed by atoms with Crippen molar-refractivity contribution in [2.45, 2.75) is 6.42 Å². The third-order valence-electron chi connectivity index (χ3n) is 0.458. The standard InChI is InChI=1S/C4H6N2OS/c5-2-1-3-7-4(6)8/h1,3H2,(H2,6,8). The third kappa shape index (κ3) is 5.18. The molecule has 2 N–H and O–H groups in total. The monoisotopic (exact) mass is 130 g/mol. The number of nitrogens with two attached hydrogens (primary N) is 1. The Morgan fingerprint density at radius 3 is 2.88 bits per heavy atom. The van der Waals surface area contributed by atoms with Gasteiger partial charge in [0.1, 0.15) is 6.61 Å². The molecule has 0 saturated heterocycles. The fourth-order valence-electron chi connectivity index (χ4n) is 0.197. The Hall–Kier alpha value is -0.820. The van der Waals surface area contributed by atoms with Gasteiger partial charge in [0.2, 0.25) is 0 Å². The fraction of sp³-hybridized carbons (Fsp3) is 0.500. The molecular weight excluding hydrogens is 124 g/mol. The second kappa shape index (κ2) is 4.34.